The number of carbonyl (C=O) groups is 1. The maximum absolute atomic E-state index is 14.2. The number of aryl methyl sites for hydroxylation is 1. The predicted molar refractivity (Wildman–Crippen MR) is 91.4 cm³/mol. The summed E-state index contributed by atoms with van der Waals surface area (Å²) in [7, 11) is -3.92. The minimum atomic E-state index is -3.92. The molecule has 6 nitrogen and oxygen atoms in total. The average Bonchev–Trinajstić information content (AvgIpc) is 2.47. The van der Waals surface area contributed by atoms with Crippen molar-refractivity contribution in [3.05, 3.63) is 45.0 Å². The third-order valence-corrected chi connectivity index (χ3v) is 6.61. The molecule has 0 saturated carbocycles. The molecular weight excluding hydrogens is 405 g/mol. The zero-order valence-electron chi connectivity index (χ0n) is 12.9. The largest absolute Gasteiger partial charge is 0.480 e. The highest BCUT2D eigenvalue weighted by Crippen LogP contribution is 2.23. The van der Waals surface area contributed by atoms with Crippen molar-refractivity contribution < 1.29 is 22.7 Å². The Kier molecular flexibility index (Phi) is 4.87. The lowest BCUT2D eigenvalue weighted by Gasteiger charge is -2.23. The molecule has 1 N–H and O–H groups in total. The summed E-state index contributed by atoms with van der Waals surface area (Å²) in [4.78, 5) is 23.8. The van der Waals surface area contributed by atoms with Gasteiger partial charge in [0.05, 0.1) is 5.39 Å². The van der Waals surface area contributed by atoms with Crippen LogP contribution >= 0.6 is 15.9 Å². The standard InChI is InChI=1S/C15H15BrFNO5S/c1-15(14(20)21,24(2,22)23)5-6-18-8-12(17)11-7-9(16)3-4-10(11)13(18)19/h3-4,7-8H,5-6H2,1-2H3,(H,20,21). The van der Waals surface area contributed by atoms with Crippen molar-refractivity contribution in [2.75, 3.05) is 6.26 Å². The van der Waals surface area contributed by atoms with Crippen LogP contribution in [-0.2, 0) is 21.2 Å². The highest BCUT2D eigenvalue weighted by Gasteiger charge is 2.43. The molecule has 0 radical (unpaired) electrons. The van der Waals surface area contributed by atoms with E-state index < -0.39 is 31.9 Å². The van der Waals surface area contributed by atoms with Crippen molar-refractivity contribution in [3.8, 4) is 0 Å². The lowest BCUT2D eigenvalue weighted by Crippen LogP contribution is -2.44. The van der Waals surface area contributed by atoms with Gasteiger partial charge >= 0.3 is 5.97 Å². The highest BCUT2D eigenvalue weighted by atomic mass is 79.9. The first-order valence-electron chi connectivity index (χ1n) is 6.88. The van der Waals surface area contributed by atoms with E-state index in [1.165, 1.54) is 12.1 Å². The molecule has 1 aromatic heterocycles. The zero-order valence-corrected chi connectivity index (χ0v) is 15.3. The van der Waals surface area contributed by atoms with Gasteiger partial charge in [-0.25, -0.2) is 12.8 Å². The molecule has 1 unspecified atom stereocenters. The number of benzene rings is 1. The Morgan fingerprint density at radius 3 is 2.54 bits per heavy atom. The van der Waals surface area contributed by atoms with Crippen LogP contribution < -0.4 is 5.56 Å². The van der Waals surface area contributed by atoms with E-state index >= 15 is 0 Å². The molecule has 1 aromatic carbocycles. The van der Waals surface area contributed by atoms with Crippen molar-refractivity contribution in [2.45, 2.75) is 24.6 Å². The van der Waals surface area contributed by atoms with E-state index in [0.717, 1.165) is 23.9 Å². The van der Waals surface area contributed by atoms with E-state index in [-0.39, 0.29) is 23.7 Å². The molecule has 2 aromatic rings. The van der Waals surface area contributed by atoms with Crippen LogP contribution in [0.25, 0.3) is 10.8 Å². The van der Waals surface area contributed by atoms with Crippen molar-refractivity contribution in [1.82, 2.24) is 4.57 Å². The summed E-state index contributed by atoms with van der Waals surface area (Å²) in [6.07, 6.45) is 1.42. The van der Waals surface area contributed by atoms with Crippen molar-refractivity contribution in [3.63, 3.8) is 0 Å². The summed E-state index contributed by atoms with van der Waals surface area (Å²) in [5, 5.41) is 9.49. The van der Waals surface area contributed by atoms with Crippen molar-refractivity contribution >= 4 is 42.5 Å². The molecule has 0 spiro atoms. The molecule has 0 bridgehead atoms. The van der Waals surface area contributed by atoms with E-state index in [1.807, 2.05) is 0 Å². The molecule has 1 heterocycles. The molecule has 2 rings (SSSR count). The Morgan fingerprint density at radius 2 is 2.00 bits per heavy atom. The first kappa shape index (κ1) is 18.6. The van der Waals surface area contributed by atoms with Crippen molar-refractivity contribution in [1.29, 1.82) is 0 Å². The van der Waals surface area contributed by atoms with Crippen LogP contribution in [0.5, 0.6) is 0 Å². The van der Waals surface area contributed by atoms with Crippen LogP contribution in [-0.4, -0.2) is 35.1 Å². The number of sulfone groups is 1. The molecule has 0 fully saturated rings. The fourth-order valence-electron chi connectivity index (χ4n) is 2.27. The lowest BCUT2D eigenvalue weighted by molar-refractivity contribution is -0.139. The second kappa shape index (κ2) is 6.29. The van der Waals surface area contributed by atoms with Gasteiger partial charge in [0.15, 0.2) is 14.6 Å². The molecule has 24 heavy (non-hydrogen) atoms. The molecule has 0 aliphatic heterocycles. The van der Waals surface area contributed by atoms with Crippen LogP contribution in [0.1, 0.15) is 13.3 Å². The number of hydrogen-bond donors (Lipinski definition) is 1. The quantitative estimate of drug-likeness (QED) is 0.801. The predicted octanol–water partition coefficient (Wildman–Crippen LogP) is 2.18. The Hall–Kier alpha value is -1.74. The van der Waals surface area contributed by atoms with Gasteiger partial charge in [-0.05, 0) is 31.5 Å². The third-order valence-electron chi connectivity index (χ3n) is 4.10. The molecule has 130 valence electrons. The van der Waals surface area contributed by atoms with E-state index in [2.05, 4.69) is 15.9 Å². The van der Waals surface area contributed by atoms with Gasteiger partial charge in [-0.15, -0.1) is 0 Å². The van der Waals surface area contributed by atoms with E-state index in [0.29, 0.717) is 4.47 Å². The Morgan fingerprint density at radius 1 is 1.38 bits per heavy atom. The summed E-state index contributed by atoms with van der Waals surface area (Å²) >= 11 is 3.20. The van der Waals surface area contributed by atoms with Gasteiger partial charge in [0.25, 0.3) is 5.56 Å². The molecule has 9 heteroatoms. The monoisotopic (exact) mass is 419 g/mol. The summed E-state index contributed by atoms with van der Waals surface area (Å²) in [6.45, 7) is 0.835. The molecule has 0 saturated heterocycles. The molecule has 0 aliphatic rings. The number of nitrogens with zero attached hydrogens (tertiary/aromatic N) is 1. The number of rotatable bonds is 5. The number of hydrogen-bond acceptors (Lipinski definition) is 4. The Bertz CT molecular complexity index is 985. The van der Waals surface area contributed by atoms with Gasteiger partial charge in [0.1, 0.15) is 5.82 Å². The summed E-state index contributed by atoms with van der Waals surface area (Å²) in [5.74, 6) is -2.16. The van der Waals surface area contributed by atoms with Crippen molar-refractivity contribution in [2.24, 2.45) is 0 Å². The number of carboxylic acid groups (broad SMARTS) is 1. The van der Waals surface area contributed by atoms with Gasteiger partial charge in [-0.2, -0.15) is 0 Å². The first-order valence-corrected chi connectivity index (χ1v) is 9.57. The fourth-order valence-corrected chi connectivity index (χ4v) is 3.41. The van der Waals surface area contributed by atoms with Crippen LogP contribution in [0, 0.1) is 5.82 Å². The number of halogens is 2. The number of aliphatic carboxylic acids is 1. The average molecular weight is 420 g/mol. The summed E-state index contributed by atoms with van der Waals surface area (Å²) in [6, 6.07) is 4.51. The molecule has 1 atom stereocenters. The van der Waals surface area contributed by atoms with Gasteiger partial charge < -0.3 is 9.67 Å². The van der Waals surface area contributed by atoms with Crippen LogP contribution in [0.15, 0.2) is 33.7 Å². The smallest absolute Gasteiger partial charge is 0.324 e. The minimum Gasteiger partial charge on any atom is -0.480 e. The molecular formula is C15H15BrFNO5S. The van der Waals surface area contributed by atoms with Gasteiger partial charge in [-0.3, -0.25) is 9.59 Å². The Labute approximate surface area is 146 Å². The second-order valence-corrected chi connectivity index (χ2v) is 9.08. The highest BCUT2D eigenvalue weighted by molar-refractivity contribution is 9.10. The zero-order chi connectivity index (χ0) is 18.3. The minimum absolute atomic E-state index is 0.134. The topological polar surface area (TPSA) is 93.4 Å². The summed E-state index contributed by atoms with van der Waals surface area (Å²) in [5.41, 5.74) is -0.514. The number of pyridine rings is 1. The van der Waals surface area contributed by atoms with Gasteiger partial charge in [0, 0.05) is 28.9 Å². The fraction of sp³-hybridized carbons (Fsp3) is 0.333. The number of carboxylic acids is 1. The molecule has 0 amide bonds. The Balaban J connectivity index is 2.48. The maximum Gasteiger partial charge on any atom is 0.324 e. The van der Waals surface area contributed by atoms with E-state index in [4.69, 9.17) is 0 Å². The maximum atomic E-state index is 14.2. The van der Waals surface area contributed by atoms with Gasteiger partial charge in [-0.1, -0.05) is 15.9 Å². The van der Waals surface area contributed by atoms with E-state index in [1.54, 1.807) is 6.07 Å². The second-order valence-electron chi connectivity index (χ2n) is 5.72. The first-order chi connectivity index (χ1) is 11.0. The summed E-state index contributed by atoms with van der Waals surface area (Å²) < 4.78 is 37.3. The molecule has 0 aliphatic carbocycles. The number of aromatic nitrogens is 1. The van der Waals surface area contributed by atoms with Crippen LogP contribution in [0.4, 0.5) is 4.39 Å². The number of fused-ring (bicyclic) bond motifs is 1. The van der Waals surface area contributed by atoms with E-state index in [9.17, 15) is 27.5 Å². The van der Waals surface area contributed by atoms with Gasteiger partial charge in [0.2, 0.25) is 0 Å². The third kappa shape index (κ3) is 3.23. The van der Waals surface area contributed by atoms with Crippen LogP contribution in [0.2, 0.25) is 0 Å². The normalized spacial score (nSPS) is 14.5. The van der Waals surface area contributed by atoms with Crippen LogP contribution in [0.3, 0.4) is 0 Å². The SMILES string of the molecule is CC(CCn1cc(F)c2cc(Br)ccc2c1=O)(C(=O)O)S(C)(=O)=O. The lowest BCUT2D eigenvalue weighted by atomic mass is 10.1.